The van der Waals surface area contributed by atoms with E-state index >= 15 is 0 Å². The average molecular weight is 468 g/mol. The number of hydrogen-bond donors (Lipinski definition) is 0. The number of hydrogen-bond acceptors (Lipinski definition) is 1. The Kier molecular flexibility index (Phi) is 6.73. The van der Waals surface area contributed by atoms with Crippen LogP contribution in [0, 0.1) is 6.92 Å². The van der Waals surface area contributed by atoms with Crippen LogP contribution in [0.2, 0.25) is 0 Å². The highest BCUT2D eigenvalue weighted by atomic mass is 15.2. The smallest absolute Gasteiger partial charge is 0.0490 e. The molecule has 1 heterocycles. The van der Waals surface area contributed by atoms with Crippen LogP contribution in [0.25, 0.3) is 27.8 Å². The molecule has 0 saturated heterocycles. The quantitative estimate of drug-likeness (QED) is 0.255. The van der Waals surface area contributed by atoms with Crippen LogP contribution in [0.15, 0.2) is 121 Å². The maximum absolute atomic E-state index is 4.23. The molecule has 1 aliphatic rings. The Morgan fingerprint density at radius 2 is 1.53 bits per heavy atom. The molecule has 1 heteroatoms. The minimum atomic E-state index is 0.994. The normalized spacial score (nSPS) is 13.3. The molecule has 5 rings (SSSR count). The number of nitrogens with zero attached hydrogens (tertiary/aromatic N) is 1. The zero-order valence-electron chi connectivity index (χ0n) is 21.5. The maximum atomic E-state index is 4.23. The van der Waals surface area contributed by atoms with Gasteiger partial charge in [-0.2, -0.15) is 0 Å². The number of allylic oxidation sites excluding steroid dienone is 5. The monoisotopic (exact) mass is 467 g/mol. The summed E-state index contributed by atoms with van der Waals surface area (Å²) in [6.45, 7) is 11.5. The fraction of sp³-hybridized carbons (Fsp3) is 0.143. The van der Waals surface area contributed by atoms with Gasteiger partial charge in [-0.05, 0) is 90.4 Å². The summed E-state index contributed by atoms with van der Waals surface area (Å²) in [5.74, 6) is 0. The third-order valence-electron chi connectivity index (χ3n) is 7.03. The first-order valence-corrected chi connectivity index (χ1v) is 12.7. The minimum Gasteiger partial charge on any atom is -0.340 e. The summed E-state index contributed by atoms with van der Waals surface area (Å²) >= 11 is 0. The van der Waals surface area contributed by atoms with Crippen LogP contribution in [0.1, 0.15) is 30.5 Å². The number of aryl methyl sites for hydroxylation is 1. The van der Waals surface area contributed by atoms with Crippen LogP contribution < -0.4 is 4.90 Å². The topological polar surface area (TPSA) is 3.24 Å². The van der Waals surface area contributed by atoms with E-state index in [1.165, 1.54) is 55.9 Å². The highest BCUT2D eigenvalue weighted by Crippen LogP contribution is 2.41. The second kappa shape index (κ2) is 10.3. The molecule has 4 aromatic rings. The molecule has 0 aromatic heterocycles. The van der Waals surface area contributed by atoms with Crippen LogP contribution in [-0.2, 0) is 6.42 Å². The first-order chi connectivity index (χ1) is 17.6. The van der Waals surface area contributed by atoms with Crippen molar-refractivity contribution in [2.45, 2.75) is 27.2 Å². The zero-order valence-corrected chi connectivity index (χ0v) is 21.5. The molecule has 0 amide bonds. The van der Waals surface area contributed by atoms with Crippen LogP contribution in [0.4, 0.5) is 11.4 Å². The van der Waals surface area contributed by atoms with Gasteiger partial charge in [0.15, 0.2) is 0 Å². The van der Waals surface area contributed by atoms with E-state index in [0.29, 0.717) is 0 Å². The molecule has 1 nitrogen and oxygen atoms in total. The largest absolute Gasteiger partial charge is 0.340 e. The molecule has 0 aliphatic carbocycles. The van der Waals surface area contributed by atoms with Gasteiger partial charge < -0.3 is 4.90 Å². The molecular formula is C35H33N. The van der Waals surface area contributed by atoms with Gasteiger partial charge in [0.1, 0.15) is 0 Å². The Morgan fingerprint density at radius 3 is 2.31 bits per heavy atom. The zero-order chi connectivity index (χ0) is 25.1. The average Bonchev–Trinajstić information content (AvgIpc) is 3.33. The van der Waals surface area contributed by atoms with E-state index in [4.69, 9.17) is 0 Å². The second-order valence-electron chi connectivity index (χ2n) is 9.54. The number of anilines is 2. The first kappa shape index (κ1) is 23.6. The van der Waals surface area contributed by atoms with E-state index in [0.717, 1.165) is 18.5 Å². The fourth-order valence-electron chi connectivity index (χ4n) is 5.15. The lowest BCUT2D eigenvalue weighted by Gasteiger charge is -2.23. The second-order valence-corrected chi connectivity index (χ2v) is 9.54. The van der Waals surface area contributed by atoms with Gasteiger partial charge in [0, 0.05) is 23.5 Å². The van der Waals surface area contributed by atoms with E-state index in [1.807, 2.05) is 6.92 Å². The molecule has 1 aliphatic heterocycles. The number of para-hydroxylation sites is 1. The van der Waals surface area contributed by atoms with Crippen molar-refractivity contribution in [3.8, 4) is 22.3 Å². The van der Waals surface area contributed by atoms with Gasteiger partial charge in [-0.25, -0.2) is 0 Å². The maximum Gasteiger partial charge on any atom is 0.0490 e. The Bertz CT molecular complexity index is 1470. The van der Waals surface area contributed by atoms with Crippen molar-refractivity contribution in [3.63, 3.8) is 0 Å². The summed E-state index contributed by atoms with van der Waals surface area (Å²) in [7, 11) is 0. The van der Waals surface area contributed by atoms with Gasteiger partial charge in [-0.15, -0.1) is 0 Å². The van der Waals surface area contributed by atoms with E-state index in [-0.39, 0.29) is 0 Å². The molecule has 0 N–H and O–H groups in total. The standard InChI is InChI=1S/C35H33N/c1-5-6-14-31(25(2)3)33-24-29(18-17-26(33)4)28-19-20-34-30(23-28)21-22-36(34)35-16-11-10-15-32(35)27-12-8-7-9-13-27/h5-20,23-24H,2,21-22H2,1,3-4H3/b6-5-,31-14+. The Balaban J connectivity index is 1.52. The number of benzene rings is 4. The molecule has 0 atom stereocenters. The molecule has 178 valence electrons. The lowest BCUT2D eigenvalue weighted by molar-refractivity contribution is 0.999. The molecule has 0 saturated carbocycles. The number of rotatable bonds is 6. The van der Waals surface area contributed by atoms with Crippen molar-refractivity contribution in [2.24, 2.45) is 0 Å². The highest BCUT2D eigenvalue weighted by Gasteiger charge is 2.23. The van der Waals surface area contributed by atoms with E-state index in [1.54, 1.807) is 0 Å². The summed E-state index contributed by atoms with van der Waals surface area (Å²) in [6, 6.07) is 33.2. The van der Waals surface area contributed by atoms with E-state index in [2.05, 4.69) is 135 Å². The van der Waals surface area contributed by atoms with Gasteiger partial charge in [-0.1, -0.05) is 97.1 Å². The van der Waals surface area contributed by atoms with Crippen molar-refractivity contribution in [3.05, 3.63) is 138 Å². The van der Waals surface area contributed by atoms with Crippen molar-refractivity contribution >= 4 is 16.9 Å². The third kappa shape index (κ3) is 4.57. The van der Waals surface area contributed by atoms with Crippen molar-refractivity contribution in [1.29, 1.82) is 0 Å². The SMILES string of the molecule is C=C(C)/C(=C\C=C/C)c1cc(-c2ccc3c(c2)CCN3c2ccccc2-c2ccccc2)ccc1C. The number of fused-ring (bicyclic) bond motifs is 1. The summed E-state index contributed by atoms with van der Waals surface area (Å²) in [5, 5.41) is 0. The molecule has 0 fully saturated rings. The molecule has 0 bridgehead atoms. The van der Waals surface area contributed by atoms with Gasteiger partial charge in [-0.3, -0.25) is 0 Å². The highest BCUT2D eigenvalue weighted by molar-refractivity contribution is 5.86. The van der Waals surface area contributed by atoms with E-state index < -0.39 is 0 Å². The van der Waals surface area contributed by atoms with Crippen molar-refractivity contribution in [2.75, 3.05) is 11.4 Å². The summed E-state index contributed by atoms with van der Waals surface area (Å²) < 4.78 is 0. The molecular weight excluding hydrogens is 434 g/mol. The van der Waals surface area contributed by atoms with Crippen molar-refractivity contribution < 1.29 is 0 Å². The molecule has 0 radical (unpaired) electrons. The van der Waals surface area contributed by atoms with E-state index in [9.17, 15) is 0 Å². The third-order valence-corrected chi connectivity index (χ3v) is 7.03. The minimum absolute atomic E-state index is 0.994. The summed E-state index contributed by atoms with van der Waals surface area (Å²) in [4.78, 5) is 2.47. The summed E-state index contributed by atoms with van der Waals surface area (Å²) in [5.41, 5.74) is 13.8. The van der Waals surface area contributed by atoms with Gasteiger partial charge >= 0.3 is 0 Å². The molecule has 4 aromatic carbocycles. The summed E-state index contributed by atoms with van der Waals surface area (Å²) in [6.07, 6.45) is 7.36. The van der Waals surface area contributed by atoms with Gasteiger partial charge in [0.2, 0.25) is 0 Å². The van der Waals surface area contributed by atoms with Gasteiger partial charge in [0.25, 0.3) is 0 Å². The fourth-order valence-corrected chi connectivity index (χ4v) is 5.15. The molecule has 36 heavy (non-hydrogen) atoms. The Hall–Kier alpha value is -4.10. The van der Waals surface area contributed by atoms with Crippen LogP contribution in [0.5, 0.6) is 0 Å². The van der Waals surface area contributed by atoms with Crippen LogP contribution >= 0.6 is 0 Å². The Labute approximate surface area is 215 Å². The van der Waals surface area contributed by atoms with Crippen LogP contribution in [-0.4, -0.2) is 6.54 Å². The van der Waals surface area contributed by atoms with Gasteiger partial charge in [0.05, 0.1) is 0 Å². The lowest BCUT2D eigenvalue weighted by Crippen LogP contribution is -2.14. The predicted molar refractivity (Wildman–Crippen MR) is 157 cm³/mol. The van der Waals surface area contributed by atoms with Crippen LogP contribution in [0.3, 0.4) is 0 Å². The Morgan fingerprint density at radius 1 is 0.806 bits per heavy atom. The lowest BCUT2D eigenvalue weighted by atomic mass is 9.91. The predicted octanol–water partition coefficient (Wildman–Crippen LogP) is 9.56. The molecule has 0 unspecified atom stereocenters. The molecule has 0 spiro atoms. The first-order valence-electron chi connectivity index (χ1n) is 12.7. The van der Waals surface area contributed by atoms with Crippen molar-refractivity contribution in [1.82, 2.24) is 0 Å².